The Morgan fingerprint density at radius 3 is 2.86 bits per heavy atom. The summed E-state index contributed by atoms with van der Waals surface area (Å²) < 4.78 is 2.04. The second-order valence-corrected chi connectivity index (χ2v) is 5.72. The van der Waals surface area contributed by atoms with Crippen molar-refractivity contribution in [3.8, 4) is 5.75 Å². The van der Waals surface area contributed by atoms with Crippen LogP contribution in [0.3, 0.4) is 0 Å². The molecule has 0 saturated heterocycles. The predicted octanol–water partition coefficient (Wildman–Crippen LogP) is 2.96. The van der Waals surface area contributed by atoms with E-state index in [2.05, 4.69) is 31.6 Å². The van der Waals surface area contributed by atoms with Gasteiger partial charge in [-0.15, -0.1) is 0 Å². The Morgan fingerprint density at radius 2 is 2.24 bits per heavy atom. The molecule has 1 heterocycles. The number of phenolic OH excluding ortho intramolecular Hbond substituents is 1. The Kier molecular flexibility index (Phi) is 4.87. The molecule has 0 bridgehead atoms. The molecule has 1 aromatic carbocycles. The summed E-state index contributed by atoms with van der Waals surface area (Å²) in [5.74, 6) is -0.663. The Morgan fingerprint density at radius 1 is 1.52 bits per heavy atom. The van der Waals surface area contributed by atoms with E-state index in [1.807, 2.05) is 0 Å². The number of amides is 1. The van der Waals surface area contributed by atoms with Crippen LogP contribution < -0.4 is 5.43 Å². The molecule has 6 nitrogen and oxygen atoms in total. The lowest BCUT2D eigenvalue weighted by Crippen LogP contribution is -2.19. The summed E-state index contributed by atoms with van der Waals surface area (Å²) >= 11 is 14.8. The molecule has 1 amide bonds. The number of carbonyl (C=O) groups excluding carboxylic acids is 1. The van der Waals surface area contributed by atoms with Crippen LogP contribution in [0.5, 0.6) is 5.75 Å². The molecule has 2 aromatic rings. The van der Waals surface area contributed by atoms with Crippen molar-refractivity contribution in [3.05, 3.63) is 44.1 Å². The van der Waals surface area contributed by atoms with Crippen molar-refractivity contribution in [1.82, 2.24) is 15.2 Å². The molecule has 0 aliphatic heterocycles. The molecule has 0 spiro atoms. The number of hydrogen-bond acceptors (Lipinski definition) is 4. The van der Waals surface area contributed by atoms with E-state index < -0.39 is 5.91 Å². The van der Waals surface area contributed by atoms with Gasteiger partial charge in [0.25, 0.3) is 5.91 Å². The number of phenols is 1. The smallest absolute Gasteiger partial charge is 0.293 e. The maximum absolute atomic E-state index is 11.8. The molecule has 0 radical (unpaired) electrons. The molecule has 2 N–H and O–H groups in total. The second-order valence-electron chi connectivity index (χ2n) is 4.02. The third kappa shape index (κ3) is 3.75. The van der Waals surface area contributed by atoms with E-state index >= 15 is 0 Å². The van der Waals surface area contributed by atoms with Crippen LogP contribution in [0.15, 0.2) is 27.9 Å². The average Bonchev–Trinajstić information content (AvgIpc) is 2.74. The fourth-order valence-electron chi connectivity index (χ4n) is 1.51. The predicted molar refractivity (Wildman–Crippen MR) is 84.1 cm³/mol. The Balaban J connectivity index is 2.13. The van der Waals surface area contributed by atoms with Crippen molar-refractivity contribution < 1.29 is 9.90 Å². The Hall–Kier alpha value is -1.57. The van der Waals surface area contributed by atoms with Gasteiger partial charge in [0.05, 0.1) is 15.7 Å². The van der Waals surface area contributed by atoms with E-state index in [4.69, 9.17) is 23.2 Å². The maximum Gasteiger partial charge on any atom is 0.293 e. The van der Waals surface area contributed by atoms with E-state index in [0.29, 0.717) is 9.50 Å². The number of rotatable bonds is 3. The van der Waals surface area contributed by atoms with Crippen molar-refractivity contribution in [1.29, 1.82) is 0 Å². The molecule has 0 aliphatic rings. The molecule has 9 heteroatoms. The molecule has 0 atom stereocenters. The van der Waals surface area contributed by atoms with Gasteiger partial charge in [0.2, 0.25) is 0 Å². The minimum absolute atomic E-state index is 0.0998. The van der Waals surface area contributed by atoms with Gasteiger partial charge in [-0.05, 0) is 28.1 Å². The van der Waals surface area contributed by atoms with Crippen LogP contribution in [-0.2, 0) is 7.05 Å². The highest BCUT2D eigenvalue weighted by atomic mass is 79.9. The number of halogens is 3. The number of aromatic nitrogens is 2. The van der Waals surface area contributed by atoms with Gasteiger partial charge >= 0.3 is 0 Å². The molecular weight excluding hydrogens is 383 g/mol. The number of aromatic hydroxyl groups is 1. The van der Waals surface area contributed by atoms with Crippen LogP contribution in [0.2, 0.25) is 10.0 Å². The van der Waals surface area contributed by atoms with Crippen LogP contribution in [0.4, 0.5) is 0 Å². The number of nitrogens with zero attached hydrogens (tertiary/aromatic N) is 3. The van der Waals surface area contributed by atoms with Crippen molar-refractivity contribution in [2.45, 2.75) is 0 Å². The van der Waals surface area contributed by atoms with Gasteiger partial charge in [-0.2, -0.15) is 10.2 Å². The van der Waals surface area contributed by atoms with Crippen LogP contribution in [-0.4, -0.2) is 27.0 Å². The highest BCUT2D eigenvalue weighted by Gasteiger charge is 2.13. The Bertz CT molecular complexity index is 730. The van der Waals surface area contributed by atoms with Gasteiger partial charge in [0, 0.05) is 23.8 Å². The topological polar surface area (TPSA) is 79.5 Å². The summed E-state index contributed by atoms with van der Waals surface area (Å²) in [7, 11) is 1.69. The molecule has 21 heavy (non-hydrogen) atoms. The van der Waals surface area contributed by atoms with E-state index in [0.717, 1.165) is 0 Å². The molecule has 0 fully saturated rings. The molecule has 0 aliphatic carbocycles. The summed E-state index contributed by atoms with van der Waals surface area (Å²) in [6, 6.07) is 2.87. The fraction of sp³-hybridized carbons (Fsp3) is 0.0833. The van der Waals surface area contributed by atoms with Gasteiger partial charge in [0.15, 0.2) is 5.69 Å². The van der Waals surface area contributed by atoms with E-state index in [9.17, 15) is 9.90 Å². The normalized spacial score (nSPS) is 11.0. The van der Waals surface area contributed by atoms with Crippen LogP contribution in [0.25, 0.3) is 0 Å². The summed E-state index contributed by atoms with van der Waals surface area (Å²) in [5.41, 5.74) is 2.78. The molecule has 110 valence electrons. The standard InChI is InChI=1S/C12H9BrCl2N4O2/c1-19-5-8(13)10(18-19)12(21)17-16-4-6-2-7(14)3-9(15)11(6)20/h2-5,20H,1H3,(H,17,21)/b16-4+. The molecule has 0 saturated carbocycles. The number of hydrogen-bond donors (Lipinski definition) is 2. The third-order valence-electron chi connectivity index (χ3n) is 2.43. The quantitative estimate of drug-likeness (QED) is 0.623. The van der Waals surface area contributed by atoms with Gasteiger partial charge in [-0.25, -0.2) is 5.43 Å². The number of benzene rings is 1. The monoisotopic (exact) mass is 390 g/mol. The van der Waals surface area contributed by atoms with Crippen LogP contribution >= 0.6 is 39.1 Å². The second kappa shape index (κ2) is 6.46. The minimum Gasteiger partial charge on any atom is -0.506 e. The SMILES string of the molecule is Cn1cc(Br)c(C(=O)N/N=C/c2cc(Cl)cc(Cl)c2O)n1. The lowest BCUT2D eigenvalue weighted by Gasteiger charge is -2.02. The molecule has 1 aromatic heterocycles. The van der Waals surface area contributed by atoms with Gasteiger partial charge in [0.1, 0.15) is 5.75 Å². The number of aryl methyl sites for hydroxylation is 1. The average molecular weight is 392 g/mol. The van der Waals surface area contributed by atoms with Crippen LogP contribution in [0.1, 0.15) is 16.1 Å². The van der Waals surface area contributed by atoms with Gasteiger partial charge in [-0.3, -0.25) is 9.48 Å². The van der Waals surface area contributed by atoms with Gasteiger partial charge in [-0.1, -0.05) is 23.2 Å². The summed E-state index contributed by atoms with van der Waals surface area (Å²) in [4.78, 5) is 11.8. The van der Waals surface area contributed by atoms with Crippen molar-refractivity contribution in [3.63, 3.8) is 0 Å². The van der Waals surface area contributed by atoms with E-state index in [-0.39, 0.29) is 22.0 Å². The van der Waals surface area contributed by atoms with Crippen molar-refractivity contribution in [2.24, 2.45) is 12.1 Å². The van der Waals surface area contributed by atoms with Crippen LogP contribution in [0, 0.1) is 0 Å². The number of carbonyl (C=O) groups is 1. The molecular formula is C12H9BrCl2N4O2. The highest BCUT2D eigenvalue weighted by molar-refractivity contribution is 9.10. The van der Waals surface area contributed by atoms with E-state index in [1.165, 1.54) is 23.0 Å². The first-order valence-electron chi connectivity index (χ1n) is 5.59. The van der Waals surface area contributed by atoms with Crippen molar-refractivity contribution >= 4 is 51.3 Å². The minimum atomic E-state index is -0.494. The number of nitrogens with one attached hydrogen (secondary N) is 1. The lowest BCUT2D eigenvalue weighted by atomic mass is 10.2. The molecule has 2 rings (SSSR count). The zero-order valence-electron chi connectivity index (χ0n) is 10.6. The molecule has 0 unspecified atom stereocenters. The largest absolute Gasteiger partial charge is 0.506 e. The fourth-order valence-corrected chi connectivity index (χ4v) is 2.58. The number of hydrazone groups is 1. The van der Waals surface area contributed by atoms with Crippen molar-refractivity contribution in [2.75, 3.05) is 0 Å². The summed E-state index contributed by atoms with van der Waals surface area (Å²) in [6.07, 6.45) is 2.88. The third-order valence-corrected chi connectivity index (χ3v) is 3.51. The maximum atomic E-state index is 11.8. The summed E-state index contributed by atoms with van der Waals surface area (Å²) in [5, 5.41) is 17.9. The lowest BCUT2D eigenvalue weighted by molar-refractivity contribution is 0.0948. The highest BCUT2D eigenvalue weighted by Crippen LogP contribution is 2.29. The zero-order valence-corrected chi connectivity index (χ0v) is 13.7. The van der Waals surface area contributed by atoms with E-state index in [1.54, 1.807) is 13.2 Å². The first kappa shape index (κ1) is 15.8. The first-order chi connectivity index (χ1) is 9.88. The summed E-state index contributed by atoms with van der Waals surface area (Å²) in [6.45, 7) is 0. The van der Waals surface area contributed by atoms with Gasteiger partial charge < -0.3 is 5.11 Å². The first-order valence-corrected chi connectivity index (χ1v) is 7.14. The Labute approximate surface area is 138 Å². The zero-order chi connectivity index (χ0) is 15.6.